The summed E-state index contributed by atoms with van der Waals surface area (Å²) in [5, 5.41) is -2.10. The second-order valence-electron chi connectivity index (χ2n) is 2.09. The summed E-state index contributed by atoms with van der Waals surface area (Å²) in [6.45, 7) is 0. The molecule has 0 aromatic carbocycles. The van der Waals surface area contributed by atoms with Crippen LogP contribution in [0.2, 0.25) is 0 Å². The zero-order valence-corrected chi connectivity index (χ0v) is 12.8. The fraction of sp³-hybridized carbons (Fsp3) is 1.00. The van der Waals surface area contributed by atoms with Crippen LogP contribution in [0.25, 0.3) is 4.13 Å². The Kier molecular flexibility index (Phi) is 13.9. The Morgan fingerprint density at radius 1 is 0.650 bits per heavy atom. The van der Waals surface area contributed by atoms with Gasteiger partial charge >= 0.3 is 58.2 Å². The summed E-state index contributed by atoms with van der Waals surface area (Å²) in [4.78, 5) is 0. The smallest absolute Gasteiger partial charge is 1.00 e. The minimum Gasteiger partial charge on any atom is -1.00 e. The van der Waals surface area contributed by atoms with Gasteiger partial charge in [-0.15, -0.1) is 15.5 Å². The molecule has 20 heavy (non-hydrogen) atoms. The summed E-state index contributed by atoms with van der Waals surface area (Å²) in [7, 11) is -21.7. The van der Waals surface area contributed by atoms with Crippen LogP contribution < -0.4 is 37.7 Å². The van der Waals surface area contributed by atoms with E-state index in [4.69, 9.17) is 0 Å². The number of hydrogen-bond acceptors (Lipinski definition) is 8. The molecule has 0 unspecified atom stereocenters. The van der Waals surface area contributed by atoms with Crippen LogP contribution in [-0.2, 0) is 41.3 Å². The standard InChI is InChI=1S/CH2F2O4S2.F2NO4S2.2Li.H/c2-8(4,5)1-9(3,6)7;1-8(4,5)3-9(2,6)7;;;/h1H2;;;;/q;-1;2*+1;-1. The molecule has 0 rings (SSSR count). The third kappa shape index (κ3) is 36.3. The number of rotatable bonds is 4. The summed E-state index contributed by atoms with van der Waals surface area (Å²) in [6.07, 6.45) is 0. The minimum atomic E-state index is -5.62. The largest absolute Gasteiger partial charge is 1.00 e. The minimum absolute atomic E-state index is 0. The van der Waals surface area contributed by atoms with Crippen LogP contribution in [0.5, 0.6) is 0 Å². The molecule has 0 aliphatic heterocycles. The molecule has 114 valence electrons. The van der Waals surface area contributed by atoms with Gasteiger partial charge in [0.1, 0.15) is 0 Å². The van der Waals surface area contributed by atoms with Crippen LogP contribution in [0, 0.1) is 0 Å². The molecule has 0 aliphatic carbocycles. The number of halogens is 4. The number of hydrogen-bond donors (Lipinski definition) is 0. The van der Waals surface area contributed by atoms with Crippen molar-refractivity contribution in [3.05, 3.63) is 4.13 Å². The van der Waals surface area contributed by atoms with E-state index in [-0.39, 0.29) is 39.1 Å². The predicted octanol–water partition coefficient (Wildman–Crippen LogP) is -6.55. The van der Waals surface area contributed by atoms with E-state index >= 15 is 0 Å². The third-order valence-electron chi connectivity index (χ3n) is 0.460. The Hall–Kier alpha value is 0.675. The quantitative estimate of drug-likeness (QED) is 0.267. The first-order chi connectivity index (χ1) is 7.41. The maximum absolute atomic E-state index is 11.2. The molecule has 0 N–H and O–H groups in total. The second-order valence-corrected chi connectivity index (χ2v) is 7.44. The zero-order valence-electron chi connectivity index (χ0n) is 10.6. The maximum Gasteiger partial charge on any atom is 1.00 e. The summed E-state index contributed by atoms with van der Waals surface area (Å²) in [6, 6.07) is 0. The average molecular weight is 375 g/mol. The van der Waals surface area contributed by atoms with Gasteiger partial charge in [-0.1, -0.05) is 0 Å². The average Bonchev–Trinajstić information content (AvgIpc) is 1.64. The first kappa shape index (κ1) is 28.8. The van der Waals surface area contributed by atoms with Crippen molar-refractivity contribution in [2.75, 3.05) is 5.08 Å². The molecule has 0 aromatic rings. The molecule has 19 heteroatoms. The first-order valence-electron chi connectivity index (χ1n) is 2.89. The van der Waals surface area contributed by atoms with Crippen molar-refractivity contribution in [2.24, 2.45) is 0 Å². The monoisotopic (exact) mass is 375 g/mol. The van der Waals surface area contributed by atoms with E-state index in [1.54, 1.807) is 0 Å². The van der Waals surface area contributed by atoms with Crippen molar-refractivity contribution < 1.29 is 88.4 Å². The molecule has 0 aliphatic rings. The van der Waals surface area contributed by atoms with E-state index < -0.39 is 46.3 Å². The normalized spacial score (nSPS) is 12.2. The van der Waals surface area contributed by atoms with Crippen molar-refractivity contribution in [3.8, 4) is 0 Å². The predicted molar refractivity (Wildman–Crippen MR) is 49.4 cm³/mol. The molecule has 0 spiro atoms. The zero-order chi connectivity index (χ0) is 15.4. The van der Waals surface area contributed by atoms with Crippen molar-refractivity contribution in [2.45, 2.75) is 0 Å². The molecule has 9 nitrogen and oxygen atoms in total. The van der Waals surface area contributed by atoms with Gasteiger partial charge in [-0.25, -0.2) is 16.8 Å². The molecular formula is CH3F4Li2NO8S4. The molecule has 0 saturated carbocycles. The van der Waals surface area contributed by atoms with Crippen LogP contribution in [0.4, 0.5) is 15.5 Å². The van der Waals surface area contributed by atoms with Gasteiger partial charge in [0.25, 0.3) is 0 Å². The second kappa shape index (κ2) is 9.64. The fourth-order valence-electron chi connectivity index (χ4n) is 0.274. The topological polar surface area (TPSA) is 151 Å². The van der Waals surface area contributed by atoms with Gasteiger partial charge in [0.15, 0.2) is 0 Å². The van der Waals surface area contributed by atoms with Crippen molar-refractivity contribution >= 4 is 41.3 Å². The van der Waals surface area contributed by atoms with Gasteiger partial charge in [-0.3, -0.25) is 0 Å². The third-order valence-corrected chi connectivity index (χ3v) is 4.14. The summed E-state index contributed by atoms with van der Waals surface area (Å²) >= 11 is 0. The maximum atomic E-state index is 11.2. The Morgan fingerprint density at radius 2 is 0.850 bits per heavy atom. The molecule has 0 saturated heterocycles. The first-order valence-corrected chi connectivity index (χ1v) is 8.68. The van der Waals surface area contributed by atoms with Crippen molar-refractivity contribution in [3.63, 3.8) is 0 Å². The Morgan fingerprint density at radius 3 is 0.850 bits per heavy atom. The van der Waals surface area contributed by atoms with Crippen LogP contribution in [0.15, 0.2) is 0 Å². The molecule has 0 fully saturated rings. The molecular weight excluding hydrogens is 372 g/mol. The van der Waals surface area contributed by atoms with E-state index in [1.807, 2.05) is 0 Å². The van der Waals surface area contributed by atoms with Crippen LogP contribution in [0.1, 0.15) is 1.43 Å². The van der Waals surface area contributed by atoms with Gasteiger partial charge in [-0.2, -0.15) is 16.8 Å². The van der Waals surface area contributed by atoms with E-state index in [0.717, 1.165) is 4.13 Å². The van der Waals surface area contributed by atoms with Crippen molar-refractivity contribution in [1.82, 2.24) is 0 Å². The molecule has 0 radical (unpaired) electrons. The molecule has 0 heterocycles. The van der Waals surface area contributed by atoms with Gasteiger partial charge in [-0.05, 0) is 0 Å². The summed E-state index contributed by atoms with van der Waals surface area (Å²) < 4.78 is 120. The molecule has 0 atom stereocenters. The SMILES string of the molecule is O=S(=O)(F)CS(=O)(=O)F.O=S(=O)(F)[N-]S(=O)(=O)F.[H-].[Li+].[Li+]. The van der Waals surface area contributed by atoms with Gasteiger partial charge in [0.05, 0.1) is 0 Å². The molecule has 0 bridgehead atoms. The summed E-state index contributed by atoms with van der Waals surface area (Å²) in [5.74, 6) is 0. The van der Waals surface area contributed by atoms with Crippen LogP contribution in [-0.4, -0.2) is 38.8 Å². The van der Waals surface area contributed by atoms with E-state index in [9.17, 15) is 49.2 Å². The van der Waals surface area contributed by atoms with E-state index in [1.165, 1.54) is 0 Å². The van der Waals surface area contributed by atoms with Crippen LogP contribution in [0.3, 0.4) is 0 Å². The summed E-state index contributed by atoms with van der Waals surface area (Å²) in [5.41, 5.74) is 0. The van der Waals surface area contributed by atoms with Gasteiger partial charge in [0, 0.05) is 0 Å². The van der Waals surface area contributed by atoms with Gasteiger partial charge in [0.2, 0.25) is 25.9 Å². The fourth-order valence-corrected chi connectivity index (χ4v) is 2.47. The molecule has 0 aromatic heterocycles. The van der Waals surface area contributed by atoms with E-state index in [2.05, 4.69) is 0 Å². The Bertz CT molecular complexity index is 563. The van der Waals surface area contributed by atoms with Crippen LogP contribution >= 0.6 is 0 Å². The van der Waals surface area contributed by atoms with Gasteiger partial charge < -0.3 is 5.55 Å². The van der Waals surface area contributed by atoms with Crippen molar-refractivity contribution in [1.29, 1.82) is 0 Å². The Balaban J connectivity index is -0.0000000711. The molecule has 0 amide bonds. The van der Waals surface area contributed by atoms with E-state index in [0.29, 0.717) is 0 Å². The number of nitrogens with zero attached hydrogens (tertiary/aromatic N) is 1. The Labute approximate surface area is 138 Å².